The van der Waals surface area contributed by atoms with E-state index in [1.54, 1.807) is 38.1 Å². The first-order valence-electron chi connectivity index (χ1n) is 11.6. The lowest BCUT2D eigenvalue weighted by molar-refractivity contribution is -0.145. The van der Waals surface area contributed by atoms with Crippen molar-refractivity contribution in [2.75, 3.05) is 25.8 Å². The Morgan fingerprint density at radius 2 is 1.97 bits per heavy atom. The van der Waals surface area contributed by atoms with Gasteiger partial charge in [0.1, 0.15) is 23.7 Å². The van der Waals surface area contributed by atoms with Crippen molar-refractivity contribution in [3.05, 3.63) is 52.6 Å². The van der Waals surface area contributed by atoms with Crippen LogP contribution in [0.3, 0.4) is 0 Å². The molecule has 2 aromatic rings. The van der Waals surface area contributed by atoms with Crippen LogP contribution in [-0.4, -0.2) is 59.7 Å². The lowest BCUT2D eigenvalue weighted by atomic mass is 10.0. The van der Waals surface area contributed by atoms with E-state index in [2.05, 4.69) is 10.3 Å². The maximum absolute atomic E-state index is 13.0. The molecular weight excluding hydrogens is 505 g/mol. The van der Waals surface area contributed by atoms with Gasteiger partial charge < -0.3 is 30.8 Å². The predicted molar refractivity (Wildman–Crippen MR) is 134 cm³/mol. The van der Waals surface area contributed by atoms with Crippen LogP contribution >= 0.6 is 7.60 Å². The van der Waals surface area contributed by atoms with E-state index in [0.717, 1.165) is 0 Å². The zero-order chi connectivity index (χ0) is 27.2. The van der Waals surface area contributed by atoms with Crippen molar-refractivity contribution < 1.29 is 32.7 Å². The normalized spacial score (nSPS) is 21.2. The van der Waals surface area contributed by atoms with Crippen LogP contribution < -0.4 is 27.0 Å². The van der Waals surface area contributed by atoms with Crippen LogP contribution in [0.2, 0.25) is 0 Å². The summed E-state index contributed by atoms with van der Waals surface area (Å²) in [5.74, 6) is -0.765. The van der Waals surface area contributed by atoms with Gasteiger partial charge in [0.15, 0.2) is 6.35 Å². The van der Waals surface area contributed by atoms with Crippen LogP contribution in [-0.2, 0) is 41.1 Å². The number of rotatable bonds is 10. The van der Waals surface area contributed by atoms with Crippen LogP contribution in [0.5, 0.6) is 5.75 Å². The molecule has 13 nitrogen and oxygen atoms in total. The number of ether oxygens (including phenoxy) is 2. The molecule has 1 fully saturated rings. The Bertz CT molecular complexity index is 1190. The molecule has 0 bridgehead atoms. The molecule has 5 N–H and O–H groups in total. The molecule has 0 aliphatic carbocycles. The summed E-state index contributed by atoms with van der Waals surface area (Å²) in [6.07, 6.45) is 0.825. The van der Waals surface area contributed by atoms with Crippen molar-refractivity contribution in [1.29, 1.82) is 0 Å². The Kier molecular flexibility index (Phi) is 9.44. The minimum Gasteiger partial charge on any atom is -0.467 e. The van der Waals surface area contributed by atoms with Gasteiger partial charge in [-0.15, -0.1) is 0 Å². The van der Waals surface area contributed by atoms with Crippen LogP contribution in [0.15, 0.2) is 41.3 Å². The highest BCUT2D eigenvalue weighted by atomic mass is 31.2. The first kappa shape index (κ1) is 28.3. The molecule has 37 heavy (non-hydrogen) atoms. The third kappa shape index (κ3) is 7.86. The Hall–Kier alpha value is -3.25. The molecular formula is C23H32N5O8P. The van der Waals surface area contributed by atoms with E-state index >= 15 is 0 Å². The molecule has 202 valence electrons. The Morgan fingerprint density at radius 3 is 2.54 bits per heavy atom. The van der Waals surface area contributed by atoms with Gasteiger partial charge in [-0.2, -0.15) is 4.98 Å². The largest absolute Gasteiger partial charge is 0.467 e. The lowest BCUT2D eigenvalue weighted by Gasteiger charge is -2.29. The van der Waals surface area contributed by atoms with E-state index in [1.807, 2.05) is 0 Å². The lowest BCUT2D eigenvalue weighted by Crippen LogP contribution is -2.51. The van der Waals surface area contributed by atoms with Gasteiger partial charge >= 0.3 is 19.3 Å². The van der Waals surface area contributed by atoms with E-state index < -0.39 is 43.3 Å². The number of aromatic nitrogens is 2. The Morgan fingerprint density at radius 1 is 1.27 bits per heavy atom. The zero-order valence-corrected chi connectivity index (χ0v) is 21.8. The topological polar surface area (TPSA) is 187 Å². The van der Waals surface area contributed by atoms with Crippen LogP contribution in [0.25, 0.3) is 0 Å². The number of anilines is 1. The number of carbonyl (C=O) groups is 2. The van der Waals surface area contributed by atoms with Crippen molar-refractivity contribution in [3.63, 3.8) is 0 Å². The molecule has 3 rings (SSSR count). The number of carbonyl (C=O) groups excluding carboxylic acids is 2. The first-order chi connectivity index (χ1) is 17.5. The molecule has 1 aliphatic rings. The Balaban J connectivity index is 1.56. The summed E-state index contributed by atoms with van der Waals surface area (Å²) in [4.78, 5) is 40.1. The smallest absolute Gasteiger partial charge is 0.404 e. The fourth-order valence-corrected chi connectivity index (χ4v) is 4.84. The van der Waals surface area contributed by atoms with Crippen molar-refractivity contribution in [3.8, 4) is 5.75 Å². The van der Waals surface area contributed by atoms with Gasteiger partial charge in [0.2, 0.25) is 5.91 Å². The minimum atomic E-state index is -3.59. The number of esters is 1. The number of nitrogens with zero attached hydrogens (tertiary/aromatic N) is 2. The molecule has 1 aromatic heterocycles. The highest BCUT2D eigenvalue weighted by molar-refractivity contribution is 7.54. The van der Waals surface area contributed by atoms with Crippen LogP contribution in [0.4, 0.5) is 5.82 Å². The molecule has 2 heterocycles. The number of nitrogen functional groups attached to an aromatic ring is 1. The summed E-state index contributed by atoms with van der Waals surface area (Å²) in [6, 6.07) is 6.27. The number of methoxy groups -OCH3 is 1. The second-order valence-electron chi connectivity index (χ2n) is 8.91. The monoisotopic (exact) mass is 537 g/mol. The minimum absolute atomic E-state index is 0.0504. The third-order valence-corrected chi connectivity index (χ3v) is 7.15. The third-order valence-electron chi connectivity index (χ3n) is 5.65. The molecule has 0 radical (unpaired) electrons. The number of hydrogen-bond donors (Lipinski definition) is 3. The van der Waals surface area contributed by atoms with Crippen molar-refractivity contribution in [1.82, 2.24) is 14.9 Å². The van der Waals surface area contributed by atoms with Gasteiger partial charge in [0.05, 0.1) is 26.3 Å². The number of nitrogens with one attached hydrogen (secondary N) is 1. The quantitative estimate of drug-likeness (QED) is 0.285. The van der Waals surface area contributed by atoms with Gasteiger partial charge in [0, 0.05) is 12.6 Å². The number of benzene rings is 1. The molecule has 0 unspecified atom stereocenters. The SMILES string of the molecule is COC(=O)[C@H](Cc1ccc(O[P@]2(=O)CO[C@@H](Cn3ccc(N)nc3=O)CO2)cc1)NC(=O)[C@@H](N)C(C)C. The maximum Gasteiger partial charge on any atom is 0.404 e. The fraction of sp³-hybridized carbons (Fsp3) is 0.478. The summed E-state index contributed by atoms with van der Waals surface area (Å²) in [6.45, 7) is 3.72. The van der Waals surface area contributed by atoms with Crippen LogP contribution in [0.1, 0.15) is 19.4 Å². The molecule has 0 saturated carbocycles. The van der Waals surface area contributed by atoms with E-state index in [4.69, 9.17) is 30.0 Å². The zero-order valence-electron chi connectivity index (χ0n) is 20.9. The summed E-state index contributed by atoms with van der Waals surface area (Å²) in [7, 11) is -2.35. The highest BCUT2D eigenvalue weighted by Crippen LogP contribution is 2.50. The van der Waals surface area contributed by atoms with Gasteiger partial charge in [-0.3, -0.25) is 13.9 Å². The van der Waals surface area contributed by atoms with E-state index in [9.17, 15) is 18.9 Å². The number of nitrogens with two attached hydrogens (primary N) is 2. The molecule has 1 saturated heterocycles. The van der Waals surface area contributed by atoms with Gasteiger partial charge in [-0.1, -0.05) is 26.0 Å². The van der Waals surface area contributed by atoms with E-state index in [1.165, 1.54) is 23.9 Å². The predicted octanol–water partition coefficient (Wildman–Crippen LogP) is 0.654. The molecule has 1 aliphatic heterocycles. The van der Waals surface area contributed by atoms with Crippen molar-refractivity contribution in [2.24, 2.45) is 11.7 Å². The van der Waals surface area contributed by atoms with Crippen LogP contribution in [0, 0.1) is 5.92 Å². The number of hydrogen-bond acceptors (Lipinski definition) is 11. The van der Waals surface area contributed by atoms with Crippen molar-refractivity contribution >= 4 is 25.3 Å². The summed E-state index contributed by atoms with van der Waals surface area (Å²) in [5, 5.41) is 2.63. The maximum atomic E-state index is 13.0. The second-order valence-corrected chi connectivity index (χ2v) is 10.8. The Labute approximate surface area is 214 Å². The van der Waals surface area contributed by atoms with E-state index in [0.29, 0.717) is 5.56 Å². The van der Waals surface area contributed by atoms with Crippen molar-refractivity contribution in [2.45, 2.75) is 45.0 Å². The standard InChI is InChI=1S/C23H32N5O8P/c1-14(2)20(25)21(29)26-18(22(30)33-3)10-15-4-6-16(7-5-15)36-37(32)13-34-17(12-35-37)11-28-9-8-19(24)27-23(28)31/h4-9,14,17-18,20H,10-13,25H2,1-3H3,(H,26,29)(H2,24,27,31)/t17-,18-,20-,37-/m0/s1. The van der Waals surface area contributed by atoms with E-state index in [-0.39, 0.29) is 43.4 Å². The molecule has 14 heteroatoms. The summed E-state index contributed by atoms with van der Waals surface area (Å²) in [5.41, 5.74) is 11.5. The average molecular weight is 538 g/mol. The highest BCUT2D eigenvalue weighted by Gasteiger charge is 2.35. The summed E-state index contributed by atoms with van der Waals surface area (Å²) >= 11 is 0. The summed E-state index contributed by atoms with van der Waals surface area (Å²) < 4.78 is 35.7. The molecule has 4 atom stereocenters. The second kappa shape index (κ2) is 12.3. The fourth-order valence-electron chi connectivity index (χ4n) is 3.43. The molecule has 0 spiro atoms. The first-order valence-corrected chi connectivity index (χ1v) is 13.3. The van der Waals surface area contributed by atoms with Gasteiger partial charge in [-0.05, 0) is 29.7 Å². The average Bonchev–Trinajstić information content (AvgIpc) is 2.86. The molecule has 1 aromatic carbocycles. The number of amides is 1. The van der Waals surface area contributed by atoms with Gasteiger partial charge in [-0.25, -0.2) is 14.2 Å². The van der Waals surface area contributed by atoms with Gasteiger partial charge in [0.25, 0.3) is 0 Å². The molecule has 1 amide bonds.